The summed E-state index contributed by atoms with van der Waals surface area (Å²) >= 11 is 0. The first-order valence-electron chi connectivity index (χ1n) is 4.82. The second kappa shape index (κ2) is 3.54. The average molecular weight is 168 g/mol. The highest BCUT2D eigenvalue weighted by Gasteiger charge is 2.23. The molecule has 1 unspecified atom stereocenters. The molecule has 2 aliphatic rings. The number of carbonyl (C=O) groups is 1. The predicted molar refractivity (Wildman–Crippen MR) is 47.1 cm³/mol. The van der Waals surface area contributed by atoms with Crippen LogP contribution in [-0.2, 0) is 4.79 Å². The van der Waals surface area contributed by atoms with E-state index in [2.05, 4.69) is 10.2 Å². The van der Waals surface area contributed by atoms with E-state index in [0.29, 0.717) is 18.4 Å². The highest BCUT2D eigenvalue weighted by Crippen LogP contribution is 2.10. The molecule has 0 amide bonds. The van der Waals surface area contributed by atoms with Crippen molar-refractivity contribution < 1.29 is 4.79 Å². The number of rotatable bonds is 2. The van der Waals surface area contributed by atoms with Crippen LogP contribution in [0.2, 0.25) is 0 Å². The molecule has 2 rings (SSSR count). The van der Waals surface area contributed by atoms with Gasteiger partial charge >= 0.3 is 0 Å². The molecule has 0 spiro atoms. The first-order chi connectivity index (χ1) is 5.84. The Labute approximate surface area is 73.1 Å². The lowest BCUT2D eigenvalue weighted by Gasteiger charge is -2.18. The molecule has 0 aliphatic carbocycles. The predicted octanol–water partition coefficient (Wildman–Crippen LogP) is 0.0132. The number of hydrogen-bond donors (Lipinski definition) is 1. The van der Waals surface area contributed by atoms with Gasteiger partial charge in [0.05, 0.1) is 6.54 Å². The summed E-state index contributed by atoms with van der Waals surface area (Å²) in [5, 5.41) is 3.45. The van der Waals surface area contributed by atoms with Crippen LogP contribution in [0.15, 0.2) is 0 Å². The lowest BCUT2D eigenvalue weighted by molar-refractivity contribution is -0.116. The Kier molecular flexibility index (Phi) is 2.42. The Hall–Kier alpha value is -0.410. The number of likely N-dealkylation sites (tertiary alicyclic amines) is 1. The molecule has 0 bridgehead atoms. The van der Waals surface area contributed by atoms with Crippen LogP contribution in [0.25, 0.3) is 0 Å². The highest BCUT2D eigenvalue weighted by molar-refractivity contribution is 5.82. The van der Waals surface area contributed by atoms with Crippen molar-refractivity contribution in [3.05, 3.63) is 0 Å². The third-order valence-corrected chi connectivity index (χ3v) is 2.75. The first kappa shape index (κ1) is 8.20. The van der Waals surface area contributed by atoms with E-state index < -0.39 is 0 Å². The van der Waals surface area contributed by atoms with E-state index in [4.69, 9.17) is 0 Å². The van der Waals surface area contributed by atoms with Crippen molar-refractivity contribution in [3.63, 3.8) is 0 Å². The van der Waals surface area contributed by atoms with Crippen LogP contribution in [0.4, 0.5) is 0 Å². The van der Waals surface area contributed by atoms with Crippen molar-refractivity contribution in [1.29, 1.82) is 0 Å². The van der Waals surface area contributed by atoms with Crippen LogP contribution in [0.1, 0.15) is 19.3 Å². The standard InChI is InChI=1S/C9H16N2O/c12-9-3-5-11(7-9)6-8-2-1-4-10-8/h8,10H,1-7H2. The molecule has 2 fully saturated rings. The second-order valence-electron chi connectivity index (χ2n) is 3.82. The SMILES string of the molecule is O=C1CCN(CC2CCCN2)C1. The second-order valence-corrected chi connectivity index (χ2v) is 3.82. The molecular weight excluding hydrogens is 152 g/mol. The normalized spacial score (nSPS) is 31.7. The van der Waals surface area contributed by atoms with Gasteiger partial charge in [-0.2, -0.15) is 0 Å². The maximum absolute atomic E-state index is 11.0. The Morgan fingerprint density at radius 2 is 2.50 bits per heavy atom. The third-order valence-electron chi connectivity index (χ3n) is 2.75. The minimum absolute atomic E-state index is 0.410. The zero-order chi connectivity index (χ0) is 8.39. The average Bonchev–Trinajstić information content (AvgIpc) is 2.63. The van der Waals surface area contributed by atoms with Crippen molar-refractivity contribution in [2.45, 2.75) is 25.3 Å². The van der Waals surface area contributed by atoms with Crippen LogP contribution in [-0.4, -0.2) is 42.9 Å². The number of nitrogens with one attached hydrogen (secondary N) is 1. The van der Waals surface area contributed by atoms with Crippen LogP contribution in [0, 0.1) is 0 Å². The molecule has 3 heteroatoms. The van der Waals surface area contributed by atoms with Crippen molar-refractivity contribution in [2.24, 2.45) is 0 Å². The summed E-state index contributed by atoms with van der Waals surface area (Å²) in [7, 11) is 0. The Bertz CT molecular complexity index is 175. The molecule has 3 nitrogen and oxygen atoms in total. The number of Topliss-reactive ketones (excluding diaryl/α,β-unsaturated/α-hetero) is 1. The van der Waals surface area contributed by atoms with E-state index in [1.165, 1.54) is 12.8 Å². The van der Waals surface area contributed by atoms with Crippen molar-refractivity contribution in [1.82, 2.24) is 10.2 Å². The summed E-state index contributed by atoms with van der Waals surface area (Å²) in [6, 6.07) is 0.649. The summed E-state index contributed by atoms with van der Waals surface area (Å²) in [5.41, 5.74) is 0. The highest BCUT2D eigenvalue weighted by atomic mass is 16.1. The molecule has 0 radical (unpaired) electrons. The molecule has 0 aromatic heterocycles. The van der Waals surface area contributed by atoms with Gasteiger partial charge in [-0.25, -0.2) is 0 Å². The van der Waals surface area contributed by atoms with E-state index in [1.807, 2.05) is 0 Å². The van der Waals surface area contributed by atoms with Gasteiger partial charge in [-0.15, -0.1) is 0 Å². The van der Waals surface area contributed by atoms with Gasteiger partial charge in [0.25, 0.3) is 0 Å². The molecule has 0 aromatic rings. The topological polar surface area (TPSA) is 32.3 Å². The molecule has 12 heavy (non-hydrogen) atoms. The summed E-state index contributed by atoms with van der Waals surface area (Å²) < 4.78 is 0. The van der Waals surface area contributed by atoms with Crippen LogP contribution in [0.3, 0.4) is 0 Å². The molecule has 2 saturated heterocycles. The minimum Gasteiger partial charge on any atom is -0.313 e. The maximum atomic E-state index is 11.0. The maximum Gasteiger partial charge on any atom is 0.148 e. The van der Waals surface area contributed by atoms with E-state index in [-0.39, 0.29) is 0 Å². The summed E-state index contributed by atoms with van der Waals surface area (Å²) in [6.45, 7) is 3.91. The molecule has 0 aromatic carbocycles. The molecule has 0 saturated carbocycles. The smallest absolute Gasteiger partial charge is 0.148 e. The molecule has 2 heterocycles. The van der Waals surface area contributed by atoms with Gasteiger partial charge < -0.3 is 5.32 Å². The summed E-state index contributed by atoms with van der Waals surface area (Å²) in [6.07, 6.45) is 3.35. The monoisotopic (exact) mass is 168 g/mol. The molecule has 1 N–H and O–H groups in total. The largest absolute Gasteiger partial charge is 0.313 e. The zero-order valence-electron chi connectivity index (χ0n) is 7.38. The molecule has 2 aliphatic heterocycles. The van der Waals surface area contributed by atoms with Crippen LogP contribution in [0.5, 0.6) is 0 Å². The zero-order valence-corrected chi connectivity index (χ0v) is 7.38. The van der Waals surface area contributed by atoms with Gasteiger partial charge in [0.15, 0.2) is 0 Å². The van der Waals surface area contributed by atoms with Gasteiger partial charge in [-0.05, 0) is 19.4 Å². The summed E-state index contributed by atoms with van der Waals surface area (Å²) in [4.78, 5) is 13.2. The Morgan fingerprint density at radius 1 is 1.58 bits per heavy atom. The molecule has 1 atom stereocenters. The van der Waals surface area contributed by atoms with Gasteiger partial charge in [-0.3, -0.25) is 9.69 Å². The first-order valence-corrected chi connectivity index (χ1v) is 4.82. The summed E-state index contributed by atoms with van der Waals surface area (Å²) in [5.74, 6) is 0.410. The van der Waals surface area contributed by atoms with E-state index >= 15 is 0 Å². The lowest BCUT2D eigenvalue weighted by atomic mass is 10.2. The quantitative estimate of drug-likeness (QED) is 0.630. The van der Waals surface area contributed by atoms with E-state index in [1.54, 1.807) is 0 Å². The fraction of sp³-hybridized carbons (Fsp3) is 0.889. The Balaban J connectivity index is 1.75. The lowest BCUT2D eigenvalue weighted by Crippen LogP contribution is -2.36. The van der Waals surface area contributed by atoms with Gasteiger partial charge in [0.1, 0.15) is 5.78 Å². The fourth-order valence-electron chi connectivity index (χ4n) is 2.07. The van der Waals surface area contributed by atoms with Crippen molar-refractivity contribution in [2.75, 3.05) is 26.2 Å². The fourth-order valence-corrected chi connectivity index (χ4v) is 2.07. The van der Waals surface area contributed by atoms with Crippen LogP contribution >= 0.6 is 0 Å². The number of ketones is 1. The van der Waals surface area contributed by atoms with E-state index in [0.717, 1.165) is 26.1 Å². The number of hydrogen-bond acceptors (Lipinski definition) is 3. The van der Waals surface area contributed by atoms with Gasteiger partial charge in [-0.1, -0.05) is 0 Å². The van der Waals surface area contributed by atoms with E-state index in [9.17, 15) is 4.79 Å². The Morgan fingerprint density at radius 3 is 3.08 bits per heavy atom. The third kappa shape index (κ3) is 1.84. The van der Waals surface area contributed by atoms with Gasteiger partial charge in [0.2, 0.25) is 0 Å². The van der Waals surface area contributed by atoms with Gasteiger partial charge in [0, 0.05) is 25.6 Å². The number of nitrogens with zero attached hydrogens (tertiary/aromatic N) is 1. The molecular formula is C9H16N2O. The van der Waals surface area contributed by atoms with Crippen LogP contribution < -0.4 is 5.32 Å². The minimum atomic E-state index is 0.410. The molecule has 68 valence electrons. The van der Waals surface area contributed by atoms with Crippen molar-refractivity contribution >= 4 is 5.78 Å². The van der Waals surface area contributed by atoms with Crippen molar-refractivity contribution in [3.8, 4) is 0 Å². The number of carbonyl (C=O) groups excluding carboxylic acids is 1.